The first kappa shape index (κ1) is 23.4. The topological polar surface area (TPSA) is 53.0 Å². The molecule has 1 aliphatic rings. The smallest absolute Gasteiger partial charge is 0.193 e. The lowest BCUT2D eigenvalue weighted by molar-refractivity contribution is 0.117. The molecule has 1 saturated heterocycles. The summed E-state index contributed by atoms with van der Waals surface area (Å²) < 4.78 is 5.74. The van der Waals surface area contributed by atoms with E-state index in [1.165, 1.54) is 5.56 Å². The van der Waals surface area contributed by atoms with Gasteiger partial charge in [-0.1, -0.05) is 36.4 Å². The maximum Gasteiger partial charge on any atom is 0.193 e. The van der Waals surface area contributed by atoms with E-state index in [0.29, 0.717) is 6.61 Å². The van der Waals surface area contributed by atoms with Crippen molar-refractivity contribution >= 4 is 35.8 Å². The van der Waals surface area contributed by atoms with Gasteiger partial charge in [0.1, 0.15) is 5.82 Å². The molecule has 6 nitrogen and oxygen atoms in total. The number of aromatic nitrogens is 1. The number of nitrogens with zero attached hydrogens (tertiary/aromatic N) is 4. The second kappa shape index (κ2) is 13.4. The molecule has 7 heteroatoms. The maximum absolute atomic E-state index is 5.74. The van der Waals surface area contributed by atoms with Crippen molar-refractivity contribution in [3.05, 3.63) is 60.3 Å². The lowest BCUT2D eigenvalue weighted by atomic mass is 10.2. The van der Waals surface area contributed by atoms with Crippen LogP contribution in [0.5, 0.6) is 0 Å². The van der Waals surface area contributed by atoms with Gasteiger partial charge in [0, 0.05) is 52.6 Å². The second-order valence-electron chi connectivity index (χ2n) is 6.88. The van der Waals surface area contributed by atoms with Gasteiger partial charge in [-0.3, -0.25) is 4.99 Å². The van der Waals surface area contributed by atoms with Gasteiger partial charge in [0.25, 0.3) is 0 Å². The van der Waals surface area contributed by atoms with E-state index in [9.17, 15) is 0 Å². The number of pyridine rings is 1. The normalized spacial score (nSPS) is 14.4. The van der Waals surface area contributed by atoms with Crippen molar-refractivity contribution in [3.63, 3.8) is 0 Å². The van der Waals surface area contributed by atoms with E-state index >= 15 is 0 Å². The average molecular weight is 509 g/mol. The number of halogens is 1. The van der Waals surface area contributed by atoms with Crippen molar-refractivity contribution in [1.82, 2.24) is 15.2 Å². The molecule has 1 aromatic carbocycles. The van der Waals surface area contributed by atoms with Crippen LogP contribution in [0.25, 0.3) is 0 Å². The van der Waals surface area contributed by atoms with E-state index in [4.69, 9.17) is 4.74 Å². The van der Waals surface area contributed by atoms with E-state index in [1.54, 1.807) is 0 Å². The van der Waals surface area contributed by atoms with E-state index in [0.717, 1.165) is 63.9 Å². The number of hydrogen-bond acceptors (Lipinski definition) is 4. The van der Waals surface area contributed by atoms with Crippen molar-refractivity contribution in [1.29, 1.82) is 0 Å². The predicted octanol–water partition coefficient (Wildman–Crippen LogP) is 3.39. The van der Waals surface area contributed by atoms with Crippen LogP contribution < -0.4 is 10.2 Å². The van der Waals surface area contributed by atoms with E-state index in [-0.39, 0.29) is 24.0 Å². The van der Waals surface area contributed by atoms with Gasteiger partial charge in [0.2, 0.25) is 0 Å². The van der Waals surface area contributed by atoms with Gasteiger partial charge in [-0.2, -0.15) is 0 Å². The average Bonchev–Trinajstić information content (AvgIpc) is 2.77. The minimum absolute atomic E-state index is 0. The number of rotatable bonds is 8. The largest absolute Gasteiger partial charge is 0.377 e. The van der Waals surface area contributed by atoms with Crippen molar-refractivity contribution in [2.75, 3.05) is 51.3 Å². The molecule has 2 heterocycles. The molecule has 1 fully saturated rings. The number of unbranched alkanes of at least 4 members (excludes halogenated alkanes) is 1. The molecule has 0 aliphatic carbocycles. The first-order valence-electron chi connectivity index (χ1n) is 10.1. The highest BCUT2D eigenvalue weighted by Gasteiger charge is 2.20. The number of ether oxygens (including phenoxy) is 1. The fraction of sp³-hybridized carbons (Fsp3) is 0.455. The van der Waals surface area contributed by atoms with Crippen LogP contribution in [-0.4, -0.2) is 62.2 Å². The molecule has 0 saturated carbocycles. The van der Waals surface area contributed by atoms with Crippen LogP contribution in [0.3, 0.4) is 0 Å². The highest BCUT2D eigenvalue weighted by Crippen LogP contribution is 2.12. The summed E-state index contributed by atoms with van der Waals surface area (Å²) in [4.78, 5) is 13.5. The number of piperazine rings is 1. The van der Waals surface area contributed by atoms with E-state index < -0.39 is 0 Å². The fourth-order valence-corrected chi connectivity index (χ4v) is 3.31. The van der Waals surface area contributed by atoms with Gasteiger partial charge < -0.3 is 19.9 Å². The van der Waals surface area contributed by atoms with Crippen LogP contribution in [0.2, 0.25) is 0 Å². The zero-order chi connectivity index (χ0) is 19.4. The summed E-state index contributed by atoms with van der Waals surface area (Å²) in [5.41, 5.74) is 1.23. The minimum Gasteiger partial charge on any atom is -0.377 e. The van der Waals surface area contributed by atoms with Crippen molar-refractivity contribution in [2.45, 2.75) is 19.4 Å². The zero-order valence-corrected chi connectivity index (χ0v) is 19.5. The molecule has 0 radical (unpaired) electrons. The van der Waals surface area contributed by atoms with Crippen LogP contribution in [0.1, 0.15) is 18.4 Å². The third-order valence-electron chi connectivity index (χ3n) is 4.87. The predicted molar refractivity (Wildman–Crippen MR) is 130 cm³/mol. The number of benzene rings is 1. The Kier molecular flexibility index (Phi) is 10.8. The monoisotopic (exact) mass is 509 g/mol. The third-order valence-corrected chi connectivity index (χ3v) is 4.87. The fourth-order valence-electron chi connectivity index (χ4n) is 3.31. The second-order valence-corrected chi connectivity index (χ2v) is 6.88. The summed E-state index contributed by atoms with van der Waals surface area (Å²) in [6, 6.07) is 16.4. The van der Waals surface area contributed by atoms with Crippen molar-refractivity contribution < 1.29 is 4.74 Å². The molecule has 3 rings (SSSR count). The van der Waals surface area contributed by atoms with Crippen LogP contribution in [0, 0.1) is 0 Å². The summed E-state index contributed by atoms with van der Waals surface area (Å²) in [6.45, 7) is 6.24. The Labute approximate surface area is 191 Å². The molecular formula is C22H32IN5O. The number of guanidine groups is 1. The summed E-state index contributed by atoms with van der Waals surface area (Å²) in [5, 5.41) is 3.49. The SMILES string of the molecule is CN=C(NCCCCOCc1ccccc1)N1CCN(c2ccccn2)CC1.I. The van der Waals surface area contributed by atoms with Gasteiger partial charge in [0.15, 0.2) is 5.96 Å². The van der Waals surface area contributed by atoms with Crippen molar-refractivity contribution in [3.8, 4) is 0 Å². The Bertz CT molecular complexity index is 706. The molecule has 0 spiro atoms. The molecule has 0 amide bonds. The summed E-state index contributed by atoms with van der Waals surface area (Å²) in [7, 11) is 1.86. The molecule has 1 aliphatic heterocycles. The van der Waals surface area contributed by atoms with Crippen LogP contribution >= 0.6 is 24.0 Å². The van der Waals surface area contributed by atoms with E-state index in [1.807, 2.05) is 43.6 Å². The Hall–Kier alpha value is -1.87. The van der Waals surface area contributed by atoms with Gasteiger partial charge in [-0.05, 0) is 30.5 Å². The van der Waals surface area contributed by atoms with Crippen LogP contribution in [-0.2, 0) is 11.3 Å². The number of aliphatic imine (C=N–C) groups is 1. The summed E-state index contributed by atoms with van der Waals surface area (Å²) in [5.74, 6) is 2.05. The first-order valence-corrected chi connectivity index (χ1v) is 10.1. The van der Waals surface area contributed by atoms with Gasteiger partial charge >= 0.3 is 0 Å². The highest BCUT2D eigenvalue weighted by atomic mass is 127. The molecule has 0 bridgehead atoms. The zero-order valence-electron chi connectivity index (χ0n) is 17.2. The molecule has 0 atom stereocenters. The summed E-state index contributed by atoms with van der Waals surface area (Å²) >= 11 is 0. The van der Waals surface area contributed by atoms with Gasteiger partial charge in [0.05, 0.1) is 6.61 Å². The quantitative estimate of drug-likeness (QED) is 0.256. The van der Waals surface area contributed by atoms with Crippen molar-refractivity contribution in [2.24, 2.45) is 4.99 Å². The minimum atomic E-state index is 0. The third kappa shape index (κ3) is 7.81. The number of hydrogen-bond donors (Lipinski definition) is 1. The molecular weight excluding hydrogens is 477 g/mol. The number of nitrogens with one attached hydrogen (secondary N) is 1. The Morgan fingerprint density at radius 2 is 1.79 bits per heavy atom. The maximum atomic E-state index is 5.74. The van der Waals surface area contributed by atoms with Gasteiger partial charge in [-0.15, -0.1) is 24.0 Å². The lowest BCUT2D eigenvalue weighted by Crippen LogP contribution is -2.52. The molecule has 29 heavy (non-hydrogen) atoms. The molecule has 1 N–H and O–H groups in total. The molecule has 158 valence electrons. The highest BCUT2D eigenvalue weighted by molar-refractivity contribution is 14.0. The van der Waals surface area contributed by atoms with Crippen LogP contribution in [0.15, 0.2) is 59.7 Å². The lowest BCUT2D eigenvalue weighted by Gasteiger charge is -2.37. The first-order chi connectivity index (χ1) is 13.9. The van der Waals surface area contributed by atoms with Crippen LogP contribution in [0.4, 0.5) is 5.82 Å². The Morgan fingerprint density at radius 3 is 2.48 bits per heavy atom. The molecule has 0 unspecified atom stereocenters. The molecule has 1 aromatic heterocycles. The Balaban J connectivity index is 0.00000300. The molecule has 2 aromatic rings. The number of anilines is 1. The standard InChI is InChI=1S/C22H31N5O.HI/c1-23-22(25-13-7-8-18-28-19-20-9-3-2-4-10-20)27-16-14-26(15-17-27)21-11-5-6-12-24-21;/h2-6,9-12H,7-8,13-19H2,1H3,(H,23,25);1H. The Morgan fingerprint density at radius 1 is 1.03 bits per heavy atom. The van der Waals surface area contributed by atoms with Gasteiger partial charge in [-0.25, -0.2) is 4.98 Å². The summed E-state index contributed by atoms with van der Waals surface area (Å²) in [6.07, 6.45) is 3.97. The van der Waals surface area contributed by atoms with E-state index in [2.05, 4.69) is 43.3 Å².